The van der Waals surface area contributed by atoms with Crippen molar-refractivity contribution in [2.24, 2.45) is 0 Å². The van der Waals surface area contributed by atoms with Crippen LogP contribution in [0.2, 0.25) is 0 Å². The average Bonchev–Trinajstić information content (AvgIpc) is 2.25. The van der Waals surface area contributed by atoms with Gasteiger partial charge in [-0.1, -0.05) is 0 Å². The molecule has 0 radical (unpaired) electrons. The van der Waals surface area contributed by atoms with Crippen LogP contribution in [-0.2, 0) is 0 Å². The molecule has 0 amide bonds. The summed E-state index contributed by atoms with van der Waals surface area (Å²) in [4.78, 5) is 1.10. The van der Waals surface area contributed by atoms with Crippen LogP contribution in [0.15, 0.2) is 17.0 Å². The molecule has 0 fully saturated rings. The number of benzene rings is 1. The Balaban J connectivity index is 2.93. The van der Waals surface area contributed by atoms with Crippen molar-refractivity contribution in [1.29, 1.82) is 0 Å². The molecule has 4 heteroatoms. The zero-order valence-electron chi connectivity index (χ0n) is 11.0. The molecular formula is C13H20O3S. The van der Waals surface area contributed by atoms with Crippen molar-refractivity contribution in [3.63, 3.8) is 0 Å². The fraction of sp³-hybridized carbons (Fsp3) is 0.538. The second-order valence-electron chi connectivity index (χ2n) is 4.57. The summed E-state index contributed by atoms with van der Waals surface area (Å²) < 4.78 is 10.5. The van der Waals surface area contributed by atoms with Gasteiger partial charge in [0.05, 0.1) is 19.8 Å². The molecule has 0 aliphatic heterocycles. The number of hydrogen-bond acceptors (Lipinski definition) is 4. The van der Waals surface area contributed by atoms with Crippen molar-refractivity contribution < 1.29 is 14.6 Å². The van der Waals surface area contributed by atoms with Gasteiger partial charge in [-0.25, -0.2) is 0 Å². The Hall–Kier alpha value is -0.870. The molecule has 0 aromatic heterocycles. The van der Waals surface area contributed by atoms with E-state index in [9.17, 15) is 5.11 Å². The van der Waals surface area contributed by atoms with Crippen molar-refractivity contribution in [2.45, 2.75) is 31.3 Å². The zero-order valence-corrected chi connectivity index (χ0v) is 11.9. The highest BCUT2D eigenvalue weighted by Gasteiger charge is 2.15. The van der Waals surface area contributed by atoms with E-state index in [0.29, 0.717) is 5.75 Å². The van der Waals surface area contributed by atoms with Crippen LogP contribution in [0.25, 0.3) is 0 Å². The molecular weight excluding hydrogens is 236 g/mol. The zero-order chi connectivity index (χ0) is 13.1. The van der Waals surface area contributed by atoms with Gasteiger partial charge < -0.3 is 14.6 Å². The van der Waals surface area contributed by atoms with E-state index < -0.39 is 5.60 Å². The highest BCUT2D eigenvalue weighted by molar-refractivity contribution is 7.99. The molecule has 17 heavy (non-hydrogen) atoms. The monoisotopic (exact) mass is 256 g/mol. The summed E-state index contributed by atoms with van der Waals surface area (Å²) in [6.07, 6.45) is 0. The number of rotatable bonds is 5. The minimum Gasteiger partial charge on any atom is -0.493 e. The predicted molar refractivity (Wildman–Crippen MR) is 71.3 cm³/mol. The Kier molecular flexibility index (Phi) is 4.71. The van der Waals surface area contributed by atoms with E-state index in [4.69, 9.17) is 9.47 Å². The average molecular weight is 256 g/mol. The van der Waals surface area contributed by atoms with Gasteiger partial charge in [-0.2, -0.15) is 0 Å². The minimum absolute atomic E-state index is 0.642. The van der Waals surface area contributed by atoms with Gasteiger partial charge in [0.2, 0.25) is 0 Å². The van der Waals surface area contributed by atoms with Crippen molar-refractivity contribution >= 4 is 11.8 Å². The molecule has 1 rings (SSSR count). The largest absolute Gasteiger partial charge is 0.493 e. The van der Waals surface area contributed by atoms with Crippen LogP contribution in [0.4, 0.5) is 0 Å². The number of hydrogen-bond donors (Lipinski definition) is 1. The van der Waals surface area contributed by atoms with E-state index in [1.807, 2.05) is 19.1 Å². The van der Waals surface area contributed by atoms with Crippen LogP contribution >= 0.6 is 11.8 Å². The topological polar surface area (TPSA) is 38.7 Å². The lowest BCUT2D eigenvalue weighted by Crippen LogP contribution is -2.21. The SMILES string of the molecule is COc1cc(C)c(SCC(C)(C)O)cc1OC. The Morgan fingerprint density at radius 1 is 1.18 bits per heavy atom. The van der Waals surface area contributed by atoms with E-state index in [2.05, 4.69) is 0 Å². The lowest BCUT2D eigenvalue weighted by molar-refractivity contribution is 0.107. The Morgan fingerprint density at radius 2 is 1.71 bits per heavy atom. The number of thioether (sulfide) groups is 1. The van der Waals surface area contributed by atoms with Crippen LogP contribution < -0.4 is 9.47 Å². The van der Waals surface area contributed by atoms with Gasteiger partial charge in [-0.3, -0.25) is 0 Å². The summed E-state index contributed by atoms with van der Waals surface area (Å²) >= 11 is 1.62. The van der Waals surface area contributed by atoms with E-state index >= 15 is 0 Å². The third-order valence-electron chi connectivity index (χ3n) is 2.26. The maximum absolute atomic E-state index is 9.72. The van der Waals surface area contributed by atoms with Crippen LogP contribution in [0, 0.1) is 6.92 Å². The highest BCUT2D eigenvalue weighted by atomic mass is 32.2. The van der Waals surface area contributed by atoms with E-state index in [0.717, 1.165) is 22.0 Å². The van der Waals surface area contributed by atoms with E-state index in [1.54, 1.807) is 39.8 Å². The molecule has 0 unspecified atom stereocenters. The Bertz CT molecular complexity index is 383. The van der Waals surface area contributed by atoms with Gasteiger partial charge in [0.1, 0.15) is 0 Å². The normalized spacial score (nSPS) is 11.4. The summed E-state index contributed by atoms with van der Waals surface area (Å²) in [5, 5.41) is 9.72. The van der Waals surface area contributed by atoms with Gasteiger partial charge in [0.15, 0.2) is 11.5 Å². The molecule has 0 saturated carbocycles. The summed E-state index contributed by atoms with van der Waals surface area (Å²) in [5.41, 5.74) is 0.446. The minimum atomic E-state index is -0.676. The first kappa shape index (κ1) is 14.2. The molecule has 0 aliphatic carbocycles. The van der Waals surface area contributed by atoms with Crippen LogP contribution in [0.1, 0.15) is 19.4 Å². The van der Waals surface area contributed by atoms with Crippen molar-refractivity contribution in [1.82, 2.24) is 0 Å². The second kappa shape index (κ2) is 5.65. The molecule has 0 atom stereocenters. The fourth-order valence-electron chi connectivity index (χ4n) is 1.37. The highest BCUT2D eigenvalue weighted by Crippen LogP contribution is 2.35. The van der Waals surface area contributed by atoms with Gasteiger partial charge in [-0.15, -0.1) is 11.8 Å². The van der Waals surface area contributed by atoms with Crippen LogP contribution in [0.5, 0.6) is 11.5 Å². The predicted octanol–water partition coefficient (Wildman–Crippen LogP) is 2.88. The number of aliphatic hydroxyl groups is 1. The fourth-order valence-corrected chi connectivity index (χ4v) is 2.36. The van der Waals surface area contributed by atoms with Crippen molar-refractivity contribution in [3.05, 3.63) is 17.7 Å². The maximum atomic E-state index is 9.72. The van der Waals surface area contributed by atoms with Crippen LogP contribution in [-0.4, -0.2) is 30.7 Å². The molecule has 0 aliphatic rings. The van der Waals surface area contributed by atoms with E-state index in [-0.39, 0.29) is 0 Å². The summed E-state index contributed by atoms with van der Waals surface area (Å²) in [5.74, 6) is 2.09. The number of methoxy groups -OCH3 is 2. The van der Waals surface area contributed by atoms with Gasteiger partial charge in [0, 0.05) is 10.6 Å². The third-order valence-corrected chi connectivity index (χ3v) is 3.86. The molecule has 96 valence electrons. The molecule has 1 aromatic carbocycles. The van der Waals surface area contributed by atoms with Crippen molar-refractivity contribution in [3.8, 4) is 11.5 Å². The van der Waals surface area contributed by atoms with Crippen LogP contribution in [0.3, 0.4) is 0 Å². The molecule has 0 heterocycles. The summed E-state index contributed by atoms with van der Waals surface area (Å²) in [6, 6.07) is 3.90. The molecule has 0 saturated heterocycles. The van der Waals surface area contributed by atoms with Gasteiger partial charge >= 0.3 is 0 Å². The Labute approximate surface area is 107 Å². The number of aryl methyl sites for hydroxylation is 1. The third kappa shape index (κ3) is 4.13. The lowest BCUT2D eigenvalue weighted by atomic mass is 10.2. The first-order chi connectivity index (χ1) is 7.87. The van der Waals surface area contributed by atoms with E-state index in [1.165, 1.54) is 0 Å². The molecule has 1 N–H and O–H groups in total. The summed E-state index contributed by atoms with van der Waals surface area (Å²) in [6.45, 7) is 5.63. The first-order valence-electron chi connectivity index (χ1n) is 5.45. The van der Waals surface area contributed by atoms with Gasteiger partial charge in [0.25, 0.3) is 0 Å². The molecule has 0 bridgehead atoms. The lowest BCUT2D eigenvalue weighted by Gasteiger charge is -2.18. The quantitative estimate of drug-likeness (QED) is 0.822. The Morgan fingerprint density at radius 3 is 2.18 bits per heavy atom. The first-order valence-corrected chi connectivity index (χ1v) is 6.44. The molecule has 0 spiro atoms. The summed E-state index contributed by atoms with van der Waals surface area (Å²) in [7, 11) is 3.25. The molecule has 3 nitrogen and oxygen atoms in total. The standard InChI is InChI=1S/C13H20O3S/c1-9-6-10(15-4)11(16-5)7-12(9)17-8-13(2,3)14/h6-7,14H,8H2,1-5H3. The van der Waals surface area contributed by atoms with Crippen molar-refractivity contribution in [2.75, 3.05) is 20.0 Å². The second-order valence-corrected chi connectivity index (χ2v) is 5.59. The molecule has 1 aromatic rings. The van der Waals surface area contributed by atoms with Gasteiger partial charge in [-0.05, 0) is 38.5 Å². The smallest absolute Gasteiger partial charge is 0.161 e. The number of ether oxygens (including phenoxy) is 2. The maximum Gasteiger partial charge on any atom is 0.161 e.